The number of hydrogen-bond donors (Lipinski definition) is 2. The predicted molar refractivity (Wildman–Crippen MR) is 101 cm³/mol. The van der Waals surface area contributed by atoms with E-state index in [0.717, 1.165) is 6.54 Å². The summed E-state index contributed by atoms with van der Waals surface area (Å²) in [7, 11) is 0. The number of carbonyl (C=O) groups excluding carboxylic acids is 2. The number of anilines is 1. The van der Waals surface area contributed by atoms with Crippen molar-refractivity contribution in [1.29, 1.82) is 0 Å². The van der Waals surface area contributed by atoms with Gasteiger partial charge in [0.25, 0.3) is 11.8 Å². The van der Waals surface area contributed by atoms with Gasteiger partial charge in [-0.3, -0.25) is 9.59 Å². The fourth-order valence-electron chi connectivity index (χ4n) is 2.85. The molecule has 0 radical (unpaired) electrons. The van der Waals surface area contributed by atoms with E-state index >= 15 is 0 Å². The number of hydrogen-bond acceptors (Lipinski definition) is 3. The van der Waals surface area contributed by atoms with E-state index in [1.54, 1.807) is 24.3 Å². The average molecular weight is 360 g/mol. The Bertz CT molecular complexity index is 736. The summed E-state index contributed by atoms with van der Waals surface area (Å²) in [5.41, 5.74) is 1.63. The molecule has 5 nitrogen and oxygen atoms in total. The van der Waals surface area contributed by atoms with Crippen LogP contribution in [0.25, 0.3) is 0 Å². The van der Waals surface area contributed by atoms with Crippen LogP contribution in [0.5, 0.6) is 0 Å². The lowest BCUT2D eigenvalue weighted by Gasteiger charge is -2.32. The Morgan fingerprint density at radius 1 is 1.08 bits per heavy atom. The molecule has 2 aromatic carbocycles. The van der Waals surface area contributed by atoms with E-state index in [9.17, 15) is 9.59 Å². The van der Waals surface area contributed by atoms with E-state index in [1.807, 2.05) is 35.2 Å². The molecule has 3 rings (SSSR count). The summed E-state index contributed by atoms with van der Waals surface area (Å²) in [4.78, 5) is 27.0. The van der Waals surface area contributed by atoms with Crippen LogP contribution in [0, 0.1) is 0 Å². The van der Waals surface area contributed by atoms with Crippen molar-refractivity contribution >= 4 is 29.9 Å². The quantitative estimate of drug-likeness (QED) is 0.885. The van der Waals surface area contributed by atoms with Crippen LogP contribution in [-0.4, -0.2) is 42.4 Å². The van der Waals surface area contributed by atoms with Crippen LogP contribution in [0.3, 0.4) is 0 Å². The van der Waals surface area contributed by atoms with E-state index in [0.29, 0.717) is 29.9 Å². The summed E-state index contributed by atoms with van der Waals surface area (Å²) in [6.45, 7) is 4.18. The maximum Gasteiger partial charge on any atom is 0.256 e. The highest BCUT2D eigenvalue weighted by Gasteiger charge is 2.23. The number of halogens is 1. The molecule has 132 valence electrons. The minimum atomic E-state index is -0.218. The van der Waals surface area contributed by atoms with Gasteiger partial charge in [0.1, 0.15) is 0 Å². The second-order valence-corrected chi connectivity index (χ2v) is 5.97. The minimum Gasteiger partial charge on any atom is -0.336 e. The maximum absolute atomic E-state index is 12.8. The third-order valence-corrected chi connectivity index (χ3v) is 4.10. The highest BCUT2D eigenvalue weighted by atomic mass is 35.5. The van der Waals surface area contributed by atoms with Gasteiger partial charge in [-0.15, -0.1) is 12.4 Å². The lowest BCUT2D eigenvalue weighted by Crippen LogP contribution is -2.51. The van der Waals surface area contributed by atoms with Crippen LogP contribution >= 0.6 is 12.4 Å². The molecule has 0 bridgehead atoms. The highest BCUT2D eigenvalue weighted by Crippen LogP contribution is 2.19. The number of rotatable bonds is 3. The lowest BCUT2D eigenvalue weighted by atomic mass is 10.1. The predicted octanol–water partition coefficient (Wildman–Crippen LogP) is 2.79. The number of nitrogens with zero attached hydrogens (tertiary/aromatic N) is 1. The molecule has 0 aromatic heterocycles. The Morgan fingerprint density at radius 2 is 1.76 bits per heavy atom. The molecule has 2 N–H and O–H groups in total. The lowest BCUT2D eigenvalue weighted by molar-refractivity contribution is 0.0710. The minimum absolute atomic E-state index is 0. The summed E-state index contributed by atoms with van der Waals surface area (Å²) in [5.74, 6) is -0.267. The van der Waals surface area contributed by atoms with Crippen molar-refractivity contribution < 1.29 is 9.59 Å². The van der Waals surface area contributed by atoms with E-state index < -0.39 is 0 Å². The first-order valence-corrected chi connectivity index (χ1v) is 8.13. The van der Waals surface area contributed by atoms with Gasteiger partial charge < -0.3 is 15.5 Å². The summed E-state index contributed by atoms with van der Waals surface area (Å²) in [6, 6.07) is 16.4. The number of para-hydroxylation sites is 1. The first-order chi connectivity index (χ1) is 11.6. The zero-order valence-electron chi connectivity index (χ0n) is 14.1. The molecule has 2 amide bonds. The number of nitrogens with one attached hydrogen (secondary N) is 2. The van der Waals surface area contributed by atoms with Gasteiger partial charge in [0, 0.05) is 31.2 Å². The van der Waals surface area contributed by atoms with Crippen LogP contribution in [0.2, 0.25) is 0 Å². The molecule has 0 aliphatic carbocycles. The monoisotopic (exact) mass is 359 g/mol. The summed E-state index contributed by atoms with van der Waals surface area (Å²) in [5, 5.41) is 6.18. The second-order valence-electron chi connectivity index (χ2n) is 5.97. The van der Waals surface area contributed by atoms with Crippen molar-refractivity contribution in [1.82, 2.24) is 10.2 Å². The Balaban J connectivity index is 0.00000225. The highest BCUT2D eigenvalue weighted by molar-refractivity contribution is 6.09. The molecule has 1 atom stereocenters. The van der Waals surface area contributed by atoms with Crippen molar-refractivity contribution in [2.45, 2.75) is 13.0 Å². The fraction of sp³-hybridized carbons (Fsp3) is 0.263. The van der Waals surface area contributed by atoms with Gasteiger partial charge >= 0.3 is 0 Å². The third kappa shape index (κ3) is 4.59. The second kappa shape index (κ2) is 8.65. The Kier molecular flexibility index (Phi) is 6.56. The molecular formula is C19H22ClN3O2. The molecule has 1 fully saturated rings. The van der Waals surface area contributed by atoms with Gasteiger partial charge in [-0.05, 0) is 31.2 Å². The molecule has 1 aliphatic heterocycles. The van der Waals surface area contributed by atoms with E-state index in [-0.39, 0.29) is 30.3 Å². The first kappa shape index (κ1) is 19.0. The SMILES string of the molecule is CC1CN(C(=O)c2ccccc2NC(=O)c2ccccc2)CCN1.Cl. The van der Waals surface area contributed by atoms with Crippen LogP contribution in [0.15, 0.2) is 54.6 Å². The topological polar surface area (TPSA) is 61.4 Å². The molecule has 1 aliphatic rings. The van der Waals surface area contributed by atoms with E-state index in [2.05, 4.69) is 17.6 Å². The average Bonchev–Trinajstić information content (AvgIpc) is 2.62. The van der Waals surface area contributed by atoms with Gasteiger partial charge in [0.05, 0.1) is 11.3 Å². The van der Waals surface area contributed by atoms with Crippen LogP contribution in [0.4, 0.5) is 5.69 Å². The molecule has 25 heavy (non-hydrogen) atoms. The largest absolute Gasteiger partial charge is 0.336 e. The summed E-state index contributed by atoms with van der Waals surface area (Å²) < 4.78 is 0. The normalized spacial score (nSPS) is 16.7. The van der Waals surface area contributed by atoms with Gasteiger partial charge in [-0.2, -0.15) is 0 Å². The van der Waals surface area contributed by atoms with Crippen LogP contribution in [-0.2, 0) is 0 Å². The summed E-state index contributed by atoms with van der Waals surface area (Å²) >= 11 is 0. The molecule has 1 saturated heterocycles. The Hall–Kier alpha value is -2.37. The number of carbonyl (C=O) groups is 2. The van der Waals surface area contributed by atoms with Crippen molar-refractivity contribution in [3.05, 3.63) is 65.7 Å². The van der Waals surface area contributed by atoms with Gasteiger partial charge in [0.15, 0.2) is 0 Å². The molecule has 6 heteroatoms. The smallest absolute Gasteiger partial charge is 0.256 e. The number of amides is 2. The van der Waals surface area contributed by atoms with Crippen LogP contribution < -0.4 is 10.6 Å². The van der Waals surface area contributed by atoms with Crippen molar-refractivity contribution in [2.75, 3.05) is 25.0 Å². The van der Waals surface area contributed by atoms with E-state index in [1.165, 1.54) is 0 Å². The Labute approximate surface area is 153 Å². The fourth-order valence-corrected chi connectivity index (χ4v) is 2.85. The standard InChI is InChI=1S/C19H21N3O2.ClH/c1-14-13-22(12-11-20-14)19(24)16-9-5-6-10-17(16)21-18(23)15-7-3-2-4-8-15;/h2-10,14,20H,11-13H2,1H3,(H,21,23);1H. The number of benzene rings is 2. The van der Waals surface area contributed by atoms with Gasteiger partial charge in [-0.1, -0.05) is 30.3 Å². The van der Waals surface area contributed by atoms with Crippen molar-refractivity contribution in [3.63, 3.8) is 0 Å². The maximum atomic E-state index is 12.8. The Morgan fingerprint density at radius 3 is 2.48 bits per heavy atom. The zero-order chi connectivity index (χ0) is 16.9. The molecule has 2 aromatic rings. The van der Waals surface area contributed by atoms with Crippen molar-refractivity contribution in [2.24, 2.45) is 0 Å². The van der Waals surface area contributed by atoms with E-state index in [4.69, 9.17) is 0 Å². The third-order valence-electron chi connectivity index (χ3n) is 4.10. The molecular weight excluding hydrogens is 338 g/mol. The molecule has 0 saturated carbocycles. The molecule has 1 heterocycles. The molecule has 1 unspecified atom stereocenters. The van der Waals surface area contributed by atoms with Gasteiger partial charge in [-0.25, -0.2) is 0 Å². The van der Waals surface area contributed by atoms with Gasteiger partial charge in [0.2, 0.25) is 0 Å². The first-order valence-electron chi connectivity index (χ1n) is 8.13. The van der Waals surface area contributed by atoms with Crippen LogP contribution in [0.1, 0.15) is 27.6 Å². The zero-order valence-corrected chi connectivity index (χ0v) is 14.9. The molecule has 0 spiro atoms. The summed E-state index contributed by atoms with van der Waals surface area (Å²) in [6.07, 6.45) is 0. The van der Waals surface area contributed by atoms with Crippen molar-refractivity contribution in [3.8, 4) is 0 Å². The number of piperazine rings is 1.